The number of hydrogen-bond acceptors (Lipinski definition) is 3. The molecule has 0 fully saturated rings. The smallest absolute Gasteiger partial charge is 0.304 e. The summed E-state index contributed by atoms with van der Waals surface area (Å²) >= 11 is 0. The van der Waals surface area contributed by atoms with E-state index in [2.05, 4.69) is 0 Å². The lowest BCUT2D eigenvalue weighted by Crippen LogP contribution is -2.08. The van der Waals surface area contributed by atoms with Crippen LogP contribution in [-0.2, 0) is 4.79 Å². The molecule has 0 saturated carbocycles. The van der Waals surface area contributed by atoms with Gasteiger partial charge in [0, 0.05) is 18.1 Å². The summed E-state index contributed by atoms with van der Waals surface area (Å²) in [5.74, 6) is -1.22. The molecule has 0 aliphatic heterocycles. The van der Waals surface area contributed by atoms with Crippen molar-refractivity contribution >= 4 is 11.7 Å². The first-order chi connectivity index (χ1) is 9.58. The van der Waals surface area contributed by atoms with E-state index in [1.807, 2.05) is 30.3 Å². The maximum atomic E-state index is 11.0. The zero-order chi connectivity index (χ0) is 14.5. The second-order valence-corrected chi connectivity index (χ2v) is 4.41. The molecular formula is C15H13NO4. The highest BCUT2D eigenvalue weighted by Gasteiger charge is 2.18. The van der Waals surface area contributed by atoms with Crippen molar-refractivity contribution in [1.82, 2.24) is 0 Å². The Bertz CT molecular complexity index is 608. The number of nitro groups is 1. The first-order valence-electron chi connectivity index (χ1n) is 6.09. The molecule has 0 heterocycles. The second kappa shape index (κ2) is 5.97. The number of non-ortho nitro benzene ring substituents is 1. The zero-order valence-corrected chi connectivity index (χ0v) is 10.6. The topological polar surface area (TPSA) is 80.4 Å². The molecule has 0 spiro atoms. The van der Waals surface area contributed by atoms with E-state index in [9.17, 15) is 14.9 Å². The lowest BCUT2D eigenvalue weighted by molar-refractivity contribution is -0.384. The Morgan fingerprint density at radius 3 is 2.10 bits per heavy atom. The minimum atomic E-state index is -0.905. The van der Waals surface area contributed by atoms with Crippen LogP contribution in [0.25, 0.3) is 0 Å². The number of nitrogens with zero attached hydrogens (tertiary/aromatic N) is 1. The Labute approximate surface area is 115 Å². The molecule has 2 rings (SSSR count). The third-order valence-electron chi connectivity index (χ3n) is 3.09. The van der Waals surface area contributed by atoms with Crippen LogP contribution in [0.2, 0.25) is 0 Å². The van der Waals surface area contributed by atoms with Crippen molar-refractivity contribution in [3.8, 4) is 0 Å². The first-order valence-corrected chi connectivity index (χ1v) is 6.09. The van der Waals surface area contributed by atoms with Gasteiger partial charge in [-0.1, -0.05) is 42.5 Å². The number of benzene rings is 2. The summed E-state index contributed by atoms with van der Waals surface area (Å²) in [6.45, 7) is 0. The van der Waals surface area contributed by atoms with Crippen LogP contribution in [-0.4, -0.2) is 16.0 Å². The van der Waals surface area contributed by atoms with Crippen molar-refractivity contribution in [3.63, 3.8) is 0 Å². The summed E-state index contributed by atoms with van der Waals surface area (Å²) in [5, 5.41) is 19.7. The van der Waals surface area contributed by atoms with Crippen LogP contribution in [0.3, 0.4) is 0 Å². The molecule has 1 N–H and O–H groups in total. The third-order valence-corrected chi connectivity index (χ3v) is 3.09. The second-order valence-electron chi connectivity index (χ2n) is 4.41. The molecule has 2 aromatic rings. The molecule has 5 nitrogen and oxygen atoms in total. The molecule has 0 radical (unpaired) electrons. The fourth-order valence-electron chi connectivity index (χ4n) is 2.12. The molecule has 1 unspecified atom stereocenters. The van der Waals surface area contributed by atoms with Crippen molar-refractivity contribution in [1.29, 1.82) is 0 Å². The largest absolute Gasteiger partial charge is 0.481 e. The standard InChI is InChI=1S/C15H13NO4/c17-15(18)10-14(11-4-2-1-3-5-11)12-6-8-13(9-7-12)16(19)20/h1-9,14H,10H2,(H,17,18). The van der Waals surface area contributed by atoms with E-state index in [0.29, 0.717) is 0 Å². The molecule has 20 heavy (non-hydrogen) atoms. The Hall–Kier alpha value is -2.69. The van der Waals surface area contributed by atoms with Gasteiger partial charge in [-0.25, -0.2) is 0 Å². The summed E-state index contributed by atoms with van der Waals surface area (Å²) in [7, 11) is 0. The number of carboxylic acid groups (broad SMARTS) is 1. The summed E-state index contributed by atoms with van der Waals surface area (Å²) in [6.07, 6.45) is -0.0537. The van der Waals surface area contributed by atoms with E-state index in [0.717, 1.165) is 11.1 Å². The van der Waals surface area contributed by atoms with Crippen molar-refractivity contribution in [3.05, 3.63) is 75.8 Å². The van der Waals surface area contributed by atoms with Crippen LogP contribution >= 0.6 is 0 Å². The van der Waals surface area contributed by atoms with Gasteiger partial charge in [0.05, 0.1) is 11.3 Å². The SMILES string of the molecule is O=C(O)CC(c1ccccc1)c1ccc([N+](=O)[O-])cc1. The number of rotatable bonds is 5. The van der Waals surface area contributed by atoms with Gasteiger partial charge in [-0.2, -0.15) is 0 Å². The van der Waals surface area contributed by atoms with Gasteiger partial charge in [0.15, 0.2) is 0 Å². The zero-order valence-electron chi connectivity index (χ0n) is 10.6. The van der Waals surface area contributed by atoms with E-state index in [1.54, 1.807) is 12.1 Å². The summed E-state index contributed by atoms with van der Waals surface area (Å²) in [4.78, 5) is 21.2. The normalized spacial score (nSPS) is 11.8. The van der Waals surface area contributed by atoms with Crippen molar-refractivity contribution in [2.45, 2.75) is 12.3 Å². The fraction of sp³-hybridized carbons (Fsp3) is 0.133. The third kappa shape index (κ3) is 3.20. The molecule has 5 heteroatoms. The molecule has 0 aliphatic carbocycles. The van der Waals surface area contributed by atoms with E-state index < -0.39 is 10.9 Å². The quantitative estimate of drug-likeness (QED) is 0.668. The van der Waals surface area contributed by atoms with Crippen LogP contribution < -0.4 is 0 Å². The summed E-state index contributed by atoms with van der Waals surface area (Å²) < 4.78 is 0. The monoisotopic (exact) mass is 271 g/mol. The van der Waals surface area contributed by atoms with Crippen molar-refractivity contribution in [2.75, 3.05) is 0 Å². The van der Waals surface area contributed by atoms with E-state index in [1.165, 1.54) is 12.1 Å². The minimum Gasteiger partial charge on any atom is -0.481 e. The van der Waals surface area contributed by atoms with Gasteiger partial charge < -0.3 is 5.11 Å². The van der Waals surface area contributed by atoms with Crippen molar-refractivity contribution in [2.24, 2.45) is 0 Å². The fourth-order valence-corrected chi connectivity index (χ4v) is 2.12. The average molecular weight is 271 g/mol. The molecule has 0 aromatic heterocycles. The maximum absolute atomic E-state index is 11.0. The molecule has 0 bridgehead atoms. The summed E-state index contributed by atoms with van der Waals surface area (Å²) in [6, 6.07) is 15.3. The van der Waals surface area contributed by atoms with Gasteiger partial charge in [-0.15, -0.1) is 0 Å². The van der Waals surface area contributed by atoms with Crippen LogP contribution in [0, 0.1) is 10.1 Å². The molecule has 1 atom stereocenters. The van der Waals surface area contributed by atoms with Crippen LogP contribution in [0.4, 0.5) is 5.69 Å². The maximum Gasteiger partial charge on any atom is 0.304 e. The molecule has 0 amide bonds. The van der Waals surface area contributed by atoms with Gasteiger partial charge in [0.2, 0.25) is 0 Å². The summed E-state index contributed by atoms with van der Waals surface area (Å²) in [5.41, 5.74) is 1.63. The highest BCUT2D eigenvalue weighted by atomic mass is 16.6. The van der Waals surface area contributed by atoms with Gasteiger partial charge in [0.1, 0.15) is 0 Å². The van der Waals surface area contributed by atoms with Gasteiger partial charge in [-0.3, -0.25) is 14.9 Å². The average Bonchev–Trinajstić information content (AvgIpc) is 2.45. The Morgan fingerprint density at radius 1 is 1.05 bits per heavy atom. The number of carbonyl (C=O) groups is 1. The number of carboxylic acids is 1. The molecule has 0 aliphatic rings. The number of hydrogen-bond donors (Lipinski definition) is 1. The Morgan fingerprint density at radius 2 is 1.60 bits per heavy atom. The number of nitro benzene ring substituents is 1. The van der Waals surface area contributed by atoms with Crippen molar-refractivity contribution < 1.29 is 14.8 Å². The predicted octanol–water partition coefficient (Wildman–Crippen LogP) is 3.20. The van der Waals surface area contributed by atoms with Crippen LogP contribution in [0.15, 0.2) is 54.6 Å². The van der Waals surface area contributed by atoms with Crippen LogP contribution in [0.1, 0.15) is 23.5 Å². The molecular weight excluding hydrogens is 258 g/mol. The van der Waals surface area contributed by atoms with Gasteiger partial charge in [-0.05, 0) is 11.1 Å². The highest BCUT2D eigenvalue weighted by Crippen LogP contribution is 2.29. The van der Waals surface area contributed by atoms with E-state index in [4.69, 9.17) is 5.11 Å². The van der Waals surface area contributed by atoms with Gasteiger partial charge in [0.25, 0.3) is 5.69 Å². The van der Waals surface area contributed by atoms with E-state index >= 15 is 0 Å². The predicted molar refractivity (Wildman–Crippen MR) is 73.6 cm³/mol. The van der Waals surface area contributed by atoms with E-state index in [-0.39, 0.29) is 18.0 Å². The lowest BCUT2D eigenvalue weighted by atomic mass is 9.88. The first kappa shape index (κ1) is 13.7. The van der Waals surface area contributed by atoms with Crippen LogP contribution in [0.5, 0.6) is 0 Å². The Balaban J connectivity index is 2.36. The minimum absolute atomic E-state index is 0.00381. The molecule has 2 aromatic carbocycles. The lowest BCUT2D eigenvalue weighted by Gasteiger charge is -2.15. The molecule has 0 saturated heterocycles. The number of aliphatic carboxylic acids is 1. The highest BCUT2D eigenvalue weighted by molar-refractivity contribution is 5.69. The Kier molecular flexibility index (Phi) is 4.10. The molecule has 102 valence electrons. The van der Waals surface area contributed by atoms with Gasteiger partial charge >= 0.3 is 5.97 Å².